The number of imidazole rings is 1. The van der Waals surface area contributed by atoms with Crippen molar-refractivity contribution in [2.45, 2.75) is 32.2 Å². The second-order valence-electron chi connectivity index (χ2n) is 11.2. The SMILES string of the molecule is Cc1cc2c(cc1N1C(=O)c3cccc4c(C5=CCC(N6CCOCC6)CC5)ccc(c34)C1=O)n(C)c(=O)n2C. The van der Waals surface area contributed by atoms with E-state index in [0.29, 0.717) is 28.4 Å². The summed E-state index contributed by atoms with van der Waals surface area (Å²) in [7, 11) is 3.42. The van der Waals surface area contributed by atoms with Crippen molar-refractivity contribution in [2.75, 3.05) is 31.2 Å². The molecule has 3 heterocycles. The number of carbonyl (C=O) groups excluding carboxylic acids is 2. The molecule has 1 unspecified atom stereocenters. The molecule has 0 bridgehead atoms. The Hall–Kier alpha value is -4.01. The van der Waals surface area contributed by atoms with Gasteiger partial charge in [-0.1, -0.05) is 24.3 Å². The molecule has 1 atom stereocenters. The van der Waals surface area contributed by atoms with Crippen molar-refractivity contribution in [1.29, 1.82) is 0 Å². The third kappa shape index (κ3) is 3.63. The van der Waals surface area contributed by atoms with Crippen LogP contribution < -0.4 is 10.6 Å². The number of rotatable bonds is 3. The number of nitrogens with zero attached hydrogens (tertiary/aromatic N) is 4. The Balaban J connectivity index is 1.29. The Kier molecular flexibility index (Phi) is 5.80. The molecule has 0 saturated carbocycles. The highest BCUT2D eigenvalue weighted by Gasteiger charge is 2.36. The highest BCUT2D eigenvalue weighted by molar-refractivity contribution is 6.36. The Morgan fingerprint density at radius 1 is 0.850 bits per heavy atom. The number of imide groups is 1. The normalized spacial score (nSPS) is 20.0. The molecule has 1 aliphatic carbocycles. The number of benzene rings is 3. The standard InChI is InChI=1S/C32H32N4O4/c1-19-17-27-28(34(3)32(39)33(27)2)18-26(19)36-30(37)24-6-4-5-23-22(11-12-25(29(23)24)31(36)38)20-7-9-21(10-8-20)35-13-15-40-16-14-35/h4-7,11-12,17-18,21H,8-10,13-16H2,1-3H3. The molecule has 0 N–H and O–H groups in total. The first kappa shape index (κ1) is 25.0. The summed E-state index contributed by atoms with van der Waals surface area (Å²) in [5.41, 5.74) is 5.97. The minimum absolute atomic E-state index is 0.154. The van der Waals surface area contributed by atoms with Crippen molar-refractivity contribution < 1.29 is 14.3 Å². The minimum atomic E-state index is -0.339. The number of hydrogen-bond acceptors (Lipinski definition) is 5. The van der Waals surface area contributed by atoms with Crippen molar-refractivity contribution in [2.24, 2.45) is 14.1 Å². The first-order chi connectivity index (χ1) is 19.3. The van der Waals surface area contributed by atoms with Gasteiger partial charge in [-0.05, 0) is 72.5 Å². The van der Waals surface area contributed by atoms with E-state index in [9.17, 15) is 14.4 Å². The van der Waals surface area contributed by atoms with Crippen LogP contribution in [0.3, 0.4) is 0 Å². The maximum absolute atomic E-state index is 14.0. The van der Waals surface area contributed by atoms with Crippen LogP contribution >= 0.6 is 0 Å². The van der Waals surface area contributed by atoms with Gasteiger partial charge in [0, 0.05) is 49.7 Å². The smallest absolute Gasteiger partial charge is 0.328 e. The van der Waals surface area contributed by atoms with E-state index < -0.39 is 0 Å². The molecule has 204 valence electrons. The molecule has 2 amide bonds. The molecule has 1 aromatic heterocycles. The summed E-state index contributed by atoms with van der Waals surface area (Å²) in [4.78, 5) is 44.3. The molecule has 3 aliphatic rings. The van der Waals surface area contributed by atoms with Gasteiger partial charge < -0.3 is 4.74 Å². The van der Waals surface area contributed by atoms with Gasteiger partial charge in [0.15, 0.2) is 0 Å². The molecule has 4 aromatic rings. The molecule has 8 heteroatoms. The number of fused-ring (bicyclic) bond motifs is 1. The van der Waals surface area contributed by atoms with Gasteiger partial charge >= 0.3 is 5.69 Å². The summed E-state index contributed by atoms with van der Waals surface area (Å²) in [6.07, 6.45) is 5.39. The van der Waals surface area contributed by atoms with Gasteiger partial charge in [0.1, 0.15) is 0 Å². The van der Waals surface area contributed by atoms with Crippen molar-refractivity contribution in [3.05, 3.63) is 81.3 Å². The summed E-state index contributed by atoms with van der Waals surface area (Å²) in [5, 5.41) is 1.68. The molecule has 0 radical (unpaired) electrons. The van der Waals surface area contributed by atoms with E-state index in [4.69, 9.17) is 4.74 Å². The number of aromatic nitrogens is 2. The molecule has 3 aromatic carbocycles. The number of carbonyl (C=O) groups is 2. The third-order valence-electron chi connectivity index (χ3n) is 9.03. The van der Waals surface area contributed by atoms with E-state index in [1.165, 1.54) is 10.5 Å². The quantitative estimate of drug-likeness (QED) is 0.363. The highest BCUT2D eigenvalue weighted by atomic mass is 16.5. The Morgan fingerprint density at radius 3 is 2.23 bits per heavy atom. The predicted molar refractivity (Wildman–Crippen MR) is 156 cm³/mol. The molecule has 2 aliphatic heterocycles. The molecule has 0 spiro atoms. The average Bonchev–Trinajstić information content (AvgIpc) is 3.19. The Bertz CT molecular complexity index is 1800. The second-order valence-corrected chi connectivity index (χ2v) is 11.2. The Labute approximate surface area is 232 Å². The van der Waals surface area contributed by atoms with E-state index in [-0.39, 0.29) is 17.5 Å². The lowest BCUT2D eigenvalue weighted by molar-refractivity contribution is 0.0150. The lowest BCUT2D eigenvalue weighted by Gasteiger charge is -2.36. The fourth-order valence-electron chi connectivity index (χ4n) is 6.81. The zero-order chi connectivity index (χ0) is 27.7. The summed E-state index contributed by atoms with van der Waals surface area (Å²) in [6.45, 7) is 5.45. The molecule has 1 fully saturated rings. The van der Waals surface area contributed by atoms with Gasteiger partial charge in [-0.2, -0.15) is 0 Å². The number of anilines is 1. The first-order valence-electron chi connectivity index (χ1n) is 14.0. The lowest BCUT2D eigenvalue weighted by Crippen LogP contribution is -2.44. The van der Waals surface area contributed by atoms with Gasteiger partial charge in [-0.15, -0.1) is 0 Å². The fraction of sp³-hybridized carbons (Fsp3) is 0.344. The summed E-state index contributed by atoms with van der Waals surface area (Å²) < 4.78 is 8.64. The number of amides is 2. The lowest BCUT2D eigenvalue weighted by atomic mass is 9.84. The van der Waals surface area contributed by atoms with Crippen LogP contribution in [0.5, 0.6) is 0 Å². The van der Waals surface area contributed by atoms with Gasteiger partial charge in [0.25, 0.3) is 11.8 Å². The van der Waals surface area contributed by atoms with Crippen LogP contribution in [-0.2, 0) is 18.8 Å². The van der Waals surface area contributed by atoms with Gasteiger partial charge in [0.2, 0.25) is 0 Å². The zero-order valence-electron chi connectivity index (χ0n) is 23.1. The average molecular weight is 537 g/mol. The summed E-state index contributed by atoms with van der Waals surface area (Å²) in [6, 6.07) is 13.9. The van der Waals surface area contributed by atoms with Crippen LogP contribution in [-0.4, -0.2) is 58.2 Å². The number of ether oxygens (including phenoxy) is 1. The van der Waals surface area contributed by atoms with E-state index in [2.05, 4.69) is 11.0 Å². The van der Waals surface area contributed by atoms with Crippen molar-refractivity contribution in [3.63, 3.8) is 0 Å². The first-order valence-corrected chi connectivity index (χ1v) is 14.0. The predicted octanol–water partition coefficient (Wildman–Crippen LogP) is 4.41. The van der Waals surface area contributed by atoms with E-state index >= 15 is 0 Å². The fourth-order valence-corrected chi connectivity index (χ4v) is 6.81. The van der Waals surface area contributed by atoms with Crippen LogP contribution in [0.4, 0.5) is 5.69 Å². The van der Waals surface area contributed by atoms with Crippen molar-refractivity contribution in [3.8, 4) is 0 Å². The molecule has 1 saturated heterocycles. The third-order valence-corrected chi connectivity index (χ3v) is 9.03. The van der Waals surface area contributed by atoms with Crippen LogP contribution in [0.25, 0.3) is 27.4 Å². The number of aryl methyl sites for hydroxylation is 3. The zero-order valence-corrected chi connectivity index (χ0v) is 23.1. The molecule has 8 nitrogen and oxygen atoms in total. The largest absolute Gasteiger partial charge is 0.379 e. The van der Waals surface area contributed by atoms with E-state index in [1.54, 1.807) is 29.3 Å². The van der Waals surface area contributed by atoms with E-state index in [0.717, 1.165) is 73.0 Å². The van der Waals surface area contributed by atoms with Crippen molar-refractivity contribution in [1.82, 2.24) is 14.0 Å². The van der Waals surface area contributed by atoms with Crippen LogP contribution in [0.15, 0.2) is 53.3 Å². The van der Waals surface area contributed by atoms with Crippen LogP contribution in [0.2, 0.25) is 0 Å². The maximum atomic E-state index is 14.0. The molecular weight excluding hydrogens is 504 g/mol. The van der Waals surface area contributed by atoms with Crippen LogP contribution in [0, 0.1) is 6.92 Å². The molecule has 7 rings (SSSR count). The van der Waals surface area contributed by atoms with Gasteiger partial charge in [-0.25, -0.2) is 9.69 Å². The van der Waals surface area contributed by atoms with Gasteiger partial charge in [-0.3, -0.25) is 23.6 Å². The van der Waals surface area contributed by atoms with Gasteiger partial charge in [0.05, 0.1) is 29.9 Å². The second kappa shape index (κ2) is 9.28. The number of hydrogen-bond donors (Lipinski definition) is 0. The minimum Gasteiger partial charge on any atom is -0.379 e. The summed E-state index contributed by atoms with van der Waals surface area (Å²) >= 11 is 0. The molecule has 40 heavy (non-hydrogen) atoms. The monoisotopic (exact) mass is 536 g/mol. The number of morpholine rings is 1. The molecular formula is C32H32N4O4. The Morgan fingerprint density at radius 2 is 1.52 bits per heavy atom. The van der Waals surface area contributed by atoms with E-state index in [1.807, 2.05) is 43.3 Å². The number of allylic oxidation sites excluding steroid dienone is 1. The topological polar surface area (TPSA) is 76.8 Å². The summed E-state index contributed by atoms with van der Waals surface area (Å²) in [5.74, 6) is -0.678. The van der Waals surface area contributed by atoms with Crippen LogP contribution in [0.1, 0.15) is 51.1 Å². The van der Waals surface area contributed by atoms with Crippen molar-refractivity contribution >= 4 is 44.9 Å². The maximum Gasteiger partial charge on any atom is 0.328 e. The highest BCUT2D eigenvalue weighted by Crippen LogP contribution is 2.40.